The maximum Gasteiger partial charge on any atom is 0.295 e. The zero-order valence-electron chi connectivity index (χ0n) is 21.1. The number of pyridine rings is 1. The van der Waals surface area contributed by atoms with E-state index >= 15 is 0 Å². The SMILES string of the molecule is CCCCOc1cccc(C(O)=C2C(=O)C(=O)N(Cc3ccncc3)C2c2ccc(OC)c(OC)c2)c1. The Balaban J connectivity index is 1.83. The van der Waals surface area contributed by atoms with E-state index < -0.39 is 17.7 Å². The minimum atomic E-state index is -0.849. The van der Waals surface area contributed by atoms with Gasteiger partial charge in [0.2, 0.25) is 0 Å². The van der Waals surface area contributed by atoms with Crippen molar-refractivity contribution in [1.29, 1.82) is 0 Å². The molecule has 2 heterocycles. The Bertz CT molecular complexity index is 1300. The van der Waals surface area contributed by atoms with Gasteiger partial charge in [-0.05, 0) is 53.9 Å². The van der Waals surface area contributed by atoms with Crippen molar-refractivity contribution in [2.75, 3.05) is 20.8 Å². The highest BCUT2D eigenvalue weighted by molar-refractivity contribution is 6.46. The Kier molecular flexibility index (Phi) is 8.08. The van der Waals surface area contributed by atoms with Crippen LogP contribution in [0.1, 0.15) is 42.5 Å². The Labute approximate surface area is 216 Å². The molecule has 1 unspecified atom stereocenters. The first-order chi connectivity index (χ1) is 18.0. The van der Waals surface area contributed by atoms with Crippen LogP contribution in [0, 0.1) is 0 Å². The number of carbonyl (C=O) groups is 2. The fraction of sp³-hybridized carbons (Fsp3) is 0.276. The van der Waals surface area contributed by atoms with Gasteiger partial charge < -0.3 is 24.2 Å². The number of carbonyl (C=O) groups excluding carboxylic acids is 2. The van der Waals surface area contributed by atoms with Crippen molar-refractivity contribution in [2.45, 2.75) is 32.4 Å². The van der Waals surface area contributed by atoms with Gasteiger partial charge in [0.05, 0.1) is 32.4 Å². The smallest absolute Gasteiger partial charge is 0.295 e. The van der Waals surface area contributed by atoms with E-state index in [9.17, 15) is 14.7 Å². The third-order valence-corrected chi connectivity index (χ3v) is 6.24. The molecule has 8 nitrogen and oxygen atoms in total. The highest BCUT2D eigenvalue weighted by Gasteiger charge is 2.46. The number of aliphatic hydroxyl groups excluding tert-OH is 1. The van der Waals surface area contributed by atoms with E-state index in [1.807, 2.05) is 0 Å². The predicted octanol–water partition coefficient (Wildman–Crippen LogP) is 4.90. The topological polar surface area (TPSA) is 98.2 Å². The molecular weight excluding hydrogens is 472 g/mol. The molecule has 1 atom stereocenters. The van der Waals surface area contributed by atoms with Gasteiger partial charge in [-0.1, -0.05) is 31.5 Å². The molecule has 192 valence electrons. The number of ether oxygens (including phenoxy) is 3. The van der Waals surface area contributed by atoms with Crippen LogP contribution in [-0.2, 0) is 16.1 Å². The molecule has 1 aliphatic rings. The molecule has 0 bridgehead atoms. The van der Waals surface area contributed by atoms with E-state index in [0.29, 0.717) is 35.0 Å². The standard InChI is InChI=1S/C29H30N2O6/c1-4-5-15-37-22-8-6-7-21(16-22)27(32)25-26(20-9-10-23(35-2)24(17-20)36-3)31(29(34)28(25)33)18-19-11-13-30-14-12-19/h6-14,16-17,26,32H,4-5,15,18H2,1-3H3. The van der Waals surface area contributed by atoms with Crippen molar-refractivity contribution >= 4 is 17.4 Å². The van der Waals surface area contributed by atoms with Crippen molar-refractivity contribution < 1.29 is 28.9 Å². The number of ketones is 1. The molecular formula is C29H30N2O6. The summed E-state index contributed by atoms with van der Waals surface area (Å²) in [6.45, 7) is 2.77. The second-order valence-electron chi connectivity index (χ2n) is 8.63. The Morgan fingerprint density at radius 1 is 1.00 bits per heavy atom. The summed E-state index contributed by atoms with van der Waals surface area (Å²) >= 11 is 0. The van der Waals surface area contributed by atoms with Crippen molar-refractivity contribution in [3.63, 3.8) is 0 Å². The first-order valence-corrected chi connectivity index (χ1v) is 12.1. The van der Waals surface area contributed by atoms with Crippen molar-refractivity contribution in [3.05, 3.63) is 89.3 Å². The van der Waals surface area contributed by atoms with Gasteiger partial charge in [-0.15, -0.1) is 0 Å². The minimum Gasteiger partial charge on any atom is -0.507 e. The third kappa shape index (κ3) is 5.43. The summed E-state index contributed by atoms with van der Waals surface area (Å²) in [5.41, 5.74) is 1.79. The van der Waals surface area contributed by atoms with Crippen LogP contribution in [0.5, 0.6) is 17.2 Å². The molecule has 1 fully saturated rings. The third-order valence-electron chi connectivity index (χ3n) is 6.24. The summed E-state index contributed by atoms with van der Waals surface area (Å²) in [4.78, 5) is 32.1. The van der Waals surface area contributed by atoms with Crippen LogP contribution in [0.4, 0.5) is 0 Å². The monoisotopic (exact) mass is 502 g/mol. The normalized spacial score (nSPS) is 16.6. The second kappa shape index (κ2) is 11.6. The molecule has 1 amide bonds. The van der Waals surface area contributed by atoms with Gasteiger partial charge in [-0.3, -0.25) is 14.6 Å². The van der Waals surface area contributed by atoms with E-state index in [2.05, 4.69) is 11.9 Å². The van der Waals surface area contributed by atoms with E-state index in [1.54, 1.807) is 67.0 Å². The number of aromatic nitrogens is 1. The molecule has 0 spiro atoms. The number of unbranched alkanes of at least 4 members (excludes halogenated alkanes) is 1. The maximum atomic E-state index is 13.4. The molecule has 2 aromatic carbocycles. The summed E-state index contributed by atoms with van der Waals surface area (Å²) in [5, 5.41) is 11.4. The number of methoxy groups -OCH3 is 2. The number of likely N-dealkylation sites (tertiary alicyclic amines) is 1. The molecule has 1 aliphatic heterocycles. The number of Topliss-reactive ketones (excluding diaryl/α,β-unsaturated/α-hetero) is 1. The van der Waals surface area contributed by atoms with E-state index in [4.69, 9.17) is 14.2 Å². The second-order valence-corrected chi connectivity index (χ2v) is 8.63. The van der Waals surface area contributed by atoms with Crippen molar-refractivity contribution in [3.8, 4) is 17.2 Å². The largest absolute Gasteiger partial charge is 0.507 e. The van der Waals surface area contributed by atoms with Gasteiger partial charge in [0.15, 0.2) is 11.5 Å². The van der Waals surface area contributed by atoms with Crippen LogP contribution >= 0.6 is 0 Å². The number of rotatable bonds is 10. The van der Waals surface area contributed by atoms with Gasteiger partial charge in [-0.2, -0.15) is 0 Å². The molecule has 1 aromatic heterocycles. The van der Waals surface area contributed by atoms with Crippen LogP contribution in [0.2, 0.25) is 0 Å². The molecule has 0 aliphatic carbocycles. The van der Waals surface area contributed by atoms with Crippen molar-refractivity contribution in [1.82, 2.24) is 9.88 Å². The van der Waals surface area contributed by atoms with E-state index in [1.165, 1.54) is 19.1 Å². The highest BCUT2D eigenvalue weighted by Crippen LogP contribution is 2.42. The quantitative estimate of drug-likeness (QED) is 0.182. The first kappa shape index (κ1) is 25.8. The molecule has 0 saturated carbocycles. The van der Waals surface area contributed by atoms with Gasteiger partial charge in [0.1, 0.15) is 11.5 Å². The molecule has 3 aromatic rings. The summed E-state index contributed by atoms with van der Waals surface area (Å²) in [5.74, 6) is -0.199. The molecule has 1 N–H and O–H groups in total. The summed E-state index contributed by atoms with van der Waals surface area (Å²) in [7, 11) is 3.04. The number of amides is 1. The Hall–Kier alpha value is -4.33. The lowest BCUT2D eigenvalue weighted by Gasteiger charge is -2.26. The van der Waals surface area contributed by atoms with E-state index in [-0.39, 0.29) is 17.9 Å². The lowest BCUT2D eigenvalue weighted by Crippen LogP contribution is -2.29. The molecule has 8 heteroatoms. The van der Waals surface area contributed by atoms with Gasteiger partial charge in [0, 0.05) is 24.5 Å². The van der Waals surface area contributed by atoms with Crippen LogP contribution in [0.25, 0.3) is 5.76 Å². The summed E-state index contributed by atoms with van der Waals surface area (Å²) in [6.07, 6.45) is 5.14. The number of aliphatic hydroxyl groups is 1. The molecule has 4 rings (SSSR count). The number of nitrogens with zero attached hydrogens (tertiary/aromatic N) is 2. The molecule has 1 saturated heterocycles. The van der Waals surface area contributed by atoms with Gasteiger partial charge in [0.25, 0.3) is 11.7 Å². The average Bonchev–Trinajstić information content (AvgIpc) is 3.18. The van der Waals surface area contributed by atoms with Crippen LogP contribution < -0.4 is 14.2 Å². The maximum absolute atomic E-state index is 13.4. The molecule has 37 heavy (non-hydrogen) atoms. The Morgan fingerprint density at radius 2 is 1.76 bits per heavy atom. The lowest BCUT2D eigenvalue weighted by atomic mass is 9.94. The predicted molar refractivity (Wildman–Crippen MR) is 138 cm³/mol. The lowest BCUT2D eigenvalue weighted by molar-refractivity contribution is -0.140. The van der Waals surface area contributed by atoms with Crippen LogP contribution in [0.3, 0.4) is 0 Å². The van der Waals surface area contributed by atoms with E-state index in [0.717, 1.165) is 18.4 Å². The number of hydrogen-bond acceptors (Lipinski definition) is 7. The highest BCUT2D eigenvalue weighted by atomic mass is 16.5. The number of hydrogen-bond donors (Lipinski definition) is 1. The van der Waals surface area contributed by atoms with Crippen molar-refractivity contribution in [2.24, 2.45) is 0 Å². The van der Waals surface area contributed by atoms with Gasteiger partial charge >= 0.3 is 0 Å². The van der Waals surface area contributed by atoms with Crippen LogP contribution in [0.15, 0.2) is 72.6 Å². The first-order valence-electron chi connectivity index (χ1n) is 12.1. The number of benzene rings is 2. The average molecular weight is 503 g/mol. The molecule has 0 radical (unpaired) electrons. The summed E-state index contributed by atoms with van der Waals surface area (Å²) in [6, 6.07) is 14.8. The Morgan fingerprint density at radius 3 is 2.46 bits per heavy atom. The zero-order chi connectivity index (χ0) is 26.4. The fourth-order valence-corrected chi connectivity index (χ4v) is 4.32. The van der Waals surface area contributed by atoms with Crippen LogP contribution in [-0.4, -0.2) is 47.5 Å². The summed E-state index contributed by atoms with van der Waals surface area (Å²) < 4.78 is 16.6. The fourth-order valence-electron chi connectivity index (χ4n) is 4.32. The van der Waals surface area contributed by atoms with Gasteiger partial charge in [-0.25, -0.2) is 0 Å². The zero-order valence-corrected chi connectivity index (χ0v) is 21.1. The minimum absolute atomic E-state index is 0.00279.